The van der Waals surface area contributed by atoms with E-state index in [4.69, 9.17) is 4.74 Å². The van der Waals surface area contributed by atoms with Crippen LogP contribution in [-0.4, -0.2) is 17.0 Å². The molecular weight excluding hydrogens is 276 g/mol. The van der Waals surface area contributed by atoms with Crippen molar-refractivity contribution in [2.75, 3.05) is 5.32 Å². The van der Waals surface area contributed by atoms with E-state index >= 15 is 0 Å². The van der Waals surface area contributed by atoms with Crippen molar-refractivity contribution in [1.82, 2.24) is 4.98 Å². The maximum atomic E-state index is 12.1. The molecule has 3 aromatic rings. The maximum Gasteiger partial charge on any atom is 0.266 e. The van der Waals surface area contributed by atoms with Crippen molar-refractivity contribution < 1.29 is 9.53 Å². The summed E-state index contributed by atoms with van der Waals surface area (Å²) in [6.45, 7) is 1.72. The van der Waals surface area contributed by atoms with E-state index < -0.39 is 6.10 Å². The maximum absolute atomic E-state index is 12.1. The fourth-order valence-electron chi connectivity index (χ4n) is 2.16. The highest BCUT2D eigenvalue weighted by atomic mass is 16.5. The van der Waals surface area contributed by atoms with Crippen LogP contribution in [0.15, 0.2) is 66.9 Å². The number of nitrogens with one attached hydrogen (secondary N) is 1. The third-order valence-corrected chi connectivity index (χ3v) is 3.32. The number of fused-ring (bicyclic) bond motifs is 1. The van der Waals surface area contributed by atoms with Gasteiger partial charge in [-0.1, -0.05) is 36.4 Å². The van der Waals surface area contributed by atoms with E-state index in [1.165, 1.54) is 0 Å². The lowest BCUT2D eigenvalue weighted by Crippen LogP contribution is -2.30. The zero-order valence-corrected chi connectivity index (χ0v) is 12.2. The Morgan fingerprint density at radius 1 is 1.05 bits per heavy atom. The van der Waals surface area contributed by atoms with Crippen LogP contribution in [0.25, 0.3) is 10.8 Å². The van der Waals surface area contributed by atoms with E-state index in [0.29, 0.717) is 11.6 Å². The molecule has 0 aliphatic rings. The van der Waals surface area contributed by atoms with Crippen molar-refractivity contribution in [3.63, 3.8) is 0 Å². The van der Waals surface area contributed by atoms with Crippen LogP contribution in [0.3, 0.4) is 0 Å². The standard InChI is InChI=1S/C18H16N2O2/c1-13(18(21)20-17-8-4-5-11-19-17)22-16-10-9-14-6-2-3-7-15(14)12-16/h2-13H,1H3,(H,19,20,21)/t13-/m1/s1. The summed E-state index contributed by atoms with van der Waals surface area (Å²) in [5.74, 6) is 0.954. The molecule has 22 heavy (non-hydrogen) atoms. The van der Waals surface area contributed by atoms with E-state index in [-0.39, 0.29) is 5.91 Å². The van der Waals surface area contributed by atoms with Crippen LogP contribution in [-0.2, 0) is 4.79 Å². The highest BCUT2D eigenvalue weighted by Gasteiger charge is 2.15. The molecule has 0 fully saturated rings. The Bertz CT molecular complexity index is 787. The second kappa shape index (κ2) is 6.26. The number of nitrogens with zero attached hydrogens (tertiary/aromatic N) is 1. The molecule has 0 aliphatic carbocycles. The van der Waals surface area contributed by atoms with E-state index in [0.717, 1.165) is 10.8 Å². The number of rotatable bonds is 4. The van der Waals surface area contributed by atoms with E-state index in [1.54, 1.807) is 25.3 Å². The van der Waals surface area contributed by atoms with Crippen molar-refractivity contribution in [2.24, 2.45) is 0 Å². The van der Waals surface area contributed by atoms with Crippen LogP contribution in [0.5, 0.6) is 5.75 Å². The van der Waals surface area contributed by atoms with Crippen molar-refractivity contribution >= 4 is 22.5 Å². The number of hydrogen-bond donors (Lipinski definition) is 1. The highest BCUT2D eigenvalue weighted by Crippen LogP contribution is 2.21. The summed E-state index contributed by atoms with van der Waals surface area (Å²) in [7, 11) is 0. The van der Waals surface area contributed by atoms with Gasteiger partial charge in [0.25, 0.3) is 5.91 Å². The fourth-order valence-corrected chi connectivity index (χ4v) is 2.16. The summed E-state index contributed by atoms with van der Waals surface area (Å²) >= 11 is 0. The number of hydrogen-bond acceptors (Lipinski definition) is 3. The molecule has 4 heteroatoms. The van der Waals surface area contributed by atoms with E-state index in [2.05, 4.69) is 10.3 Å². The molecule has 0 spiro atoms. The first-order chi connectivity index (χ1) is 10.7. The Morgan fingerprint density at radius 2 is 1.82 bits per heavy atom. The van der Waals surface area contributed by atoms with E-state index in [9.17, 15) is 4.79 Å². The molecule has 4 nitrogen and oxygen atoms in total. The molecular formula is C18H16N2O2. The average molecular weight is 292 g/mol. The van der Waals surface area contributed by atoms with Gasteiger partial charge < -0.3 is 10.1 Å². The quantitative estimate of drug-likeness (QED) is 0.798. The normalized spacial score (nSPS) is 11.9. The summed E-state index contributed by atoms with van der Waals surface area (Å²) in [6.07, 6.45) is 1.02. The van der Waals surface area contributed by atoms with E-state index in [1.807, 2.05) is 48.5 Å². The number of amides is 1. The Kier molecular flexibility index (Phi) is 4.01. The summed E-state index contributed by atoms with van der Waals surface area (Å²) in [4.78, 5) is 16.2. The minimum atomic E-state index is -0.608. The van der Waals surface area contributed by atoms with Crippen molar-refractivity contribution in [3.05, 3.63) is 66.9 Å². The van der Waals surface area contributed by atoms with Crippen molar-refractivity contribution in [3.8, 4) is 5.75 Å². The number of carbonyl (C=O) groups is 1. The summed E-state index contributed by atoms with van der Waals surface area (Å²) in [6, 6.07) is 19.1. The zero-order chi connectivity index (χ0) is 15.4. The van der Waals surface area contributed by atoms with Crippen LogP contribution in [0, 0.1) is 0 Å². The predicted octanol–water partition coefficient (Wildman–Crippen LogP) is 3.64. The lowest BCUT2D eigenvalue weighted by atomic mass is 10.1. The molecule has 0 aliphatic heterocycles. The number of benzene rings is 2. The molecule has 1 aromatic heterocycles. The van der Waals surface area contributed by atoms with Gasteiger partial charge in [0.2, 0.25) is 0 Å². The van der Waals surface area contributed by atoms with Gasteiger partial charge in [-0.05, 0) is 42.0 Å². The molecule has 0 saturated carbocycles. The molecule has 0 unspecified atom stereocenters. The zero-order valence-electron chi connectivity index (χ0n) is 12.2. The molecule has 1 atom stereocenters. The monoisotopic (exact) mass is 292 g/mol. The Labute approximate surface area is 128 Å². The number of carbonyl (C=O) groups excluding carboxylic acids is 1. The van der Waals surface area contributed by atoms with Crippen LogP contribution in [0.1, 0.15) is 6.92 Å². The van der Waals surface area contributed by atoms with Crippen molar-refractivity contribution in [2.45, 2.75) is 13.0 Å². The number of ether oxygens (including phenoxy) is 1. The molecule has 1 amide bonds. The van der Waals surface area contributed by atoms with Gasteiger partial charge in [0, 0.05) is 6.20 Å². The summed E-state index contributed by atoms with van der Waals surface area (Å²) in [5, 5.41) is 4.94. The summed E-state index contributed by atoms with van der Waals surface area (Å²) in [5.41, 5.74) is 0. The summed E-state index contributed by atoms with van der Waals surface area (Å²) < 4.78 is 5.72. The van der Waals surface area contributed by atoms with Gasteiger partial charge >= 0.3 is 0 Å². The third-order valence-electron chi connectivity index (χ3n) is 3.32. The van der Waals surface area contributed by atoms with Gasteiger partial charge in [0.15, 0.2) is 6.10 Å². The van der Waals surface area contributed by atoms with Gasteiger partial charge in [0.1, 0.15) is 11.6 Å². The van der Waals surface area contributed by atoms with Gasteiger partial charge in [-0.25, -0.2) is 4.98 Å². The molecule has 110 valence electrons. The lowest BCUT2D eigenvalue weighted by Gasteiger charge is -2.14. The SMILES string of the molecule is C[C@@H](Oc1ccc2ccccc2c1)C(=O)Nc1ccccn1. The second-order valence-electron chi connectivity index (χ2n) is 4.97. The number of anilines is 1. The molecule has 0 bridgehead atoms. The largest absolute Gasteiger partial charge is 0.481 e. The first-order valence-corrected chi connectivity index (χ1v) is 7.10. The molecule has 0 saturated heterocycles. The van der Waals surface area contributed by atoms with Gasteiger partial charge in [0.05, 0.1) is 0 Å². The predicted molar refractivity (Wildman–Crippen MR) is 86.9 cm³/mol. The first-order valence-electron chi connectivity index (χ1n) is 7.10. The molecule has 3 rings (SSSR count). The molecule has 0 radical (unpaired) electrons. The minimum Gasteiger partial charge on any atom is -0.481 e. The van der Waals surface area contributed by atoms with Crippen LogP contribution < -0.4 is 10.1 Å². The Hall–Kier alpha value is -2.88. The Morgan fingerprint density at radius 3 is 2.59 bits per heavy atom. The van der Waals surface area contributed by atoms with Gasteiger partial charge in [-0.15, -0.1) is 0 Å². The fraction of sp³-hybridized carbons (Fsp3) is 0.111. The third kappa shape index (κ3) is 3.23. The van der Waals surface area contributed by atoms with Crippen LogP contribution in [0.4, 0.5) is 5.82 Å². The number of aromatic nitrogens is 1. The highest BCUT2D eigenvalue weighted by molar-refractivity contribution is 5.93. The Balaban J connectivity index is 1.69. The smallest absolute Gasteiger partial charge is 0.266 e. The van der Waals surface area contributed by atoms with Crippen LogP contribution in [0.2, 0.25) is 0 Å². The van der Waals surface area contributed by atoms with Crippen LogP contribution >= 0.6 is 0 Å². The van der Waals surface area contributed by atoms with Gasteiger partial charge in [-0.2, -0.15) is 0 Å². The first kappa shape index (κ1) is 14.1. The molecule has 1 heterocycles. The van der Waals surface area contributed by atoms with Gasteiger partial charge in [-0.3, -0.25) is 4.79 Å². The average Bonchev–Trinajstić information content (AvgIpc) is 2.55. The number of pyridine rings is 1. The molecule has 2 aromatic carbocycles. The lowest BCUT2D eigenvalue weighted by molar-refractivity contribution is -0.122. The minimum absolute atomic E-state index is 0.230. The second-order valence-corrected chi connectivity index (χ2v) is 4.97. The molecule has 1 N–H and O–H groups in total. The van der Waals surface area contributed by atoms with Crippen molar-refractivity contribution in [1.29, 1.82) is 0 Å². The topological polar surface area (TPSA) is 51.2 Å².